The van der Waals surface area contributed by atoms with Crippen molar-refractivity contribution in [1.82, 2.24) is 5.32 Å². The molecule has 0 saturated heterocycles. The molecule has 1 heteroatoms. The predicted molar refractivity (Wildman–Crippen MR) is 65.9 cm³/mol. The minimum atomic E-state index is 0.829. The van der Waals surface area contributed by atoms with Crippen LogP contribution in [0.2, 0.25) is 0 Å². The fraction of sp³-hybridized carbons (Fsp3) is 1.00. The number of hydrogen-bond donors (Lipinski definition) is 1. The van der Waals surface area contributed by atoms with Crippen LogP contribution in [0.25, 0.3) is 0 Å². The Labute approximate surface area is 95.0 Å². The molecule has 2 fully saturated rings. The summed E-state index contributed by atoms with van der Waals surface area (Å²) in [6.07, 6.45) is 11.8. The summed E-state index contributed by atoms with van der Waals surface area (Å²) in [7, 11) is 2.18. The third-order valence-corrected chi connectivity index (χ3v) is 4.73. The lowest BCUT2D eigenvalue weighted by Crippen LogP contribution is -2.41. The molecule has 2 aliphatic rings. The van der Waals surface area contributed by atoms with Crippen LogP contribution in [0.1, 0.15) is 58.3 Å². The minimum Gasteiger partial charge on any atom is -0.316 e. The molecule has 0 aromatic carbocycles. The van der Waals surface area contributed by atoms with E-state index in [1.54, 1.807) is 0 Å². The summed E-state index contributed by atoms with van der Waals surface area (Å²) >= 11 is 0. The summed E-state index contributed by atoms with van der Waals surface area (Å²) in [6, 6.07) is 0.829. The van der Waals surface area contributed by atoms with Crippen molar-refractivity contribution in [3.05, 3.63) is 0 Å². The Balaban J connectivity index is 1.92. The molecule has 2 rings (SSSR count). The molecule has 0 aliphatic heterocycles. The van der Waals surface area contributed by atoms with Crippen molar-refractivity contribution in [3.63, 3.8) is 0 Å². The second kappa shape index (κ2) is 5.34. The first-order valence-electron chi connectivity index (χ1n) is 6.98. The van der Waals surface area contributed by atoms with E-state index in [4.69, 9.17) is 0 Å². The van der Waals surface area contributed by atoms with Crippen LogP contribution >= 0.6 is 0 Å². The average molecular weight is 209 g/mol. The summed E-state index contributed by atoms with van der Waals surface area (Å²) in [4.78, 5) is 0. The fourth-order valence-corrected chi connectivity index (χ4v) is 3.98. The lowest BCUT2D eigenvalue weighted by molar-refractivity contribution is 0.184. The molecule has 3 atom stereocenters. The lowest BCUT2D eigenvalue weighted by Gasteiger charge is -2.36. The van der Waals surface area contributed by atoms with Gasteiger partial charge in [0, 0.05) is 6.04 Å². The van der Waals surface area contributed by atoms with Crippen LogP contribution in [0.4, 0.5) is 0 Å². The smallest absolute Gasteiger partial charge is 0.0121 e. The second-order valence-electron chi connectivity index (χ2n) is 5.89. The van der Waals surface area contributed by atoms with Crippen molar-refractivity contribution >= 4 is 0 Å². The zero-order valence-corrected chi connectivity index (χ0v) is 10.5. The maximum atomic E-state index is 3.63. The molecule has 0 radical (unpaired) electrons. The predicted octanol–water partition coefficient (Wildman–Crippen LogP) is 3.59. The van der Waals surface area contributed by atoms with Gasteiger partial charge in [-0.05, 0) is 50.5 Å². The van der Waals surface area contributed by atoms with Crippen molar-refractivity contribution in [2.75, 3.05) is 7.05 Å². The Morgan fingerprint density at radius 1 is 0.933 bits per heavy atom. The first-order valence-corrected chi connectivity index (χ1v) is 6.98. The van der Waals surface area contributed by atoms with Gasteiger partial charge in [-0.1, -0.05) is 32.6 Å². The summed E-state index contributed by atoms with van der Waals surface area (Å²) < 4.78 is 0. The zero-order valence-electron chi connectivity index (χ0n) is 10.5. The summed E-state index contributed by atoms with van der Waals surface area (Å²) in [5.41, 5.74) is 0. The van der Waals surface area contributed by atoms with Gasteiger partial charge in [-0.15, -0.1) is 0 Å². The Morgan fingerprint density at radius 3 is 2.20 bits per heavy atom. The Bertz CT molecular complexity index is 184. The average Bonchev–Trinajstić information content (AvgIpc) is 2.72. The SMILES string of the molecule is CNC(C1CCCC1)C1CCCC(C)C1. The molecular weight excluding hydrogens is 182 g/mol. The molecule has 88 valence electrons. The highest BCUT2D eigenvalue weighted by atomic mass is 14.9. The highest BCUT2D eigenvalue weighted by molar-refractivity contribution is 4.87. The highest BCUT2D eigenvalue weighted by Gasteiger charge is 2.32. The minimum absolute atomic E-state index is 0.829. The van der Waals surface area contributed by atoms with Crippen LogP contribution in [0.15, 0.2) is 0 Å². The lowest BCUT2D eigenvalue weighted by atomic mass is 9.74. The van der Waals surface area contributed by atoms with Gasteiger partial charge in [0.2, 0.25) is 0 Å². The topological polar surface area (TPSA) is 12.0 Å². The van der Waals surface area contributed by atoms with Gasteiger partial charge in [0.15, 0.2) is 0 Å². The number of nitrogens with one attached hydrogen (secondary N) is 1. The molecule has 0 amide bonds. The van der Waals surface area contributed by atoms with E-state index in [-0.39, 0.29) is 0 Å². The van der Waals surface area contributed by atoms with E-state index in [1.807, 2.05) is 0 Å². The summed E-state index contributed by atoms with van der Waals surface area (Å²) in [5, 5.41) is 3.63. The van der Waals surface area contributed by atoms with Crippen LogP contribution < -0.4 is 5.32 Å². The molecule has 1 N–H and O–H groups in total. The van der Waals surface area contributed by atoms with Gasteiger partial charge in [0.05, 0.1) is 0 Å². The second-order valence-corrected chi connectivity index (χ2v) is 5.89. The molecule has 1 nitrogen and oxygen atoms in total. The van der Waals surface area contributed by atoms with Crippen molar-refractivity contribution in [2.24, 2.45) is 17.8 Å². The molecule has 2 aliphatic carbocycles. The zero-order chi connectivity index (χ0) is 10.7. The summed E-state index contributed by atoms with van der Waals surface area (Å²) in [6.45, 7) is 2.44. The van der Waals surface area contributed by atoms with Gasteiger partial charge in [-0.25, -0.2) is 0 Å². The van der Waals surface area contributed by atoms with E-state index >= 15 is 0 Å². The summed E-state index contributed by atoms with van der Waals surface area (Å²) in [5.74, 6) is 2.94. The molecule has 2 saturated carbocycles. The van der Waals surface area contributed by atoms with Crippen molar-refractivity contribution in [1.29, 1.82) is 0 Å². The van der Waals surface area contributed by atoms with E-state index in [2.05, 4.69) is 19.3 Å². The van der Waals surface area contributed by atoms with Gasteiger partial charge < -0.3 is 5.32 Å². The number of hydrogen-bond acceptors (Lipinski definition) is 1. The van der Waals surface area contributed by atoms with E-state index < -0.39 is 0 Å². The van der Waals surface area contributed by atoms with Crippen molar-refractivity contribution < 1.29 is 0 Å². The third kappa shape index (κ3) is 2.75. The van der Waals surface area contributed by atoms with Gasteiger partial charge in [0.25, 0.3) is 0 Å². The third-order valence-electron chi connectivity index (χ3n) is 4.73. The molecule has 3 unspecified atom stereocenters. The van der Waals surface area contributed by atoms with Crippen LogP contribution in [0, 0.1) is 17.8 Å². The Kier molecular flexibility index (Phi) is 4.07. The number of rotatable bonds is 3. The van der Waals surface area contributed by atoms with Gasteiger partial charge in [0.1, 0.15) is 0 Å². The first-order chi connectivity index (χ1) is 7.31. The van der Waals surface area contributed by atoms with E-state index in [9.17, 15) is 0 Å². The molecule has 15 heavy (non-hydrogen) atoms. The van der Waals surface area contributed by atoms with E-state index in [0.29, 0.717) is 0 Å². The van der Waals surface area contributed by atoms with Crippen LogP contribution in [-0.2, 0) is 0 Å². The Hall–Kier alpha value is -0.0400. The molecule has 0 spiro atoms. The maximum Gasteiger partial charge on any atom is 0.0121 e. The van der Waals surface area contributed by atoms with E-state index in [1.165, 1.54) is 51.4 Å². The van der Waals surface area contributed by atoms with Gasteiger partial charge in [-0.3, -0.25) is 0 Å². The highest BCUT2D eigenvalue weighted by Crippen LogP contribution is 2.37. The molecule has 0 aromatic heterocycles. The fourth-order valence-electron chi connectivity index (χ4n) is 3.98. The molecule has 0 heterocycles. The molecule has 0 bridgehead atoms. The van der Waals surface area contributed by atoms with Gasteiger partial charge in [-0.2, -0.15) is 0 Å². The molecule has 0 aromatic rings. The molecular formula is C14H27N. The van der Waals surface area contributed by atoms with E-state index in [0.717, 1.165) is 23.8 Å². The van der Waals surface area contributed by atoms with Gasteiger partial charge >= 0.3 is 0 Å². The normalized spacial score (nSPS) is 35.6. The monoisotopic (exact) mass is 209 g/mol. The first kappa shape index (κ1) is 11.4. The van der Waals surface area contributed by atoms with Crippen molar-refractivity contribution in [2.45, 2.75) is 64.3 Å². The maximum absolute atomic E-state index is 3.63. The standard InChI is InChI=1S/C14H27N/c1-11-6-5-9-13(10-11)14(15-2)12-7-3-4-8-12/h11-15H,3-10H2,1-2H3. The quantitative estimate of drug-likeness (QED) is 0.749. The van der Waals surface area contributed by atoms with Crippen LogP contribution in [0.3, 0.4) is 0 Å². The Morgan fingerprint density at radius 2 is 1.60 bits per heavy atom. The van der Waals surface area contributed by atoms with Crippen LogP contribution in [0.5, 0.6) is 0 Å². The largest absolute Gasteiger partial charge is 0.316 e. The van der Waals surface area contributed by atoms with Crippen molar-refractivity contribution in [3.8, 4) is 0 Å². The van der Waals surface area contributed by atoms with Crippen LogP contribution in [-0.4, -0.2) is 13.1 Å².